The third-order valence-corrected chi connectivity index (χ3v) is 6.22. The van der Waals surface area contributed by atoms with Gasteiger partial charge in [0.05, 0.1) is 22.8 Å². The van der Waals surface area contributed by atoms with E-state index in [0.717, 1.165) is 40.4 Å². The van der Waals surface area contributed by atoms with Crippen molar-refractivity contribution < 1.29 is 4.79 Å². The minimum Gasteiger partial charge on any atom is -0.330 e. The van der Waals surface area contributed by atoms with E-state index in [1.807, 2.05) is 43.4 Å². The van der Waals surface area contributed by atoms with Gasteiger partial charge in [0.15, 0.2) is 0 Å². The van der Waals surface area contributed by atoms with Crippen molar-refractivity contribution in [2.24, 2.45) is 0 Å². The quantitative estimate of drug-likeness (QED) is 0.679. The van der Waals surface area contributed by atoms with Crippen LogP contribution in [0.2, 0.25) is 0 Å². The van der Waals surface area contributed by atoms with Gasteiger partial charge in [-0.1, -0.05) is 42.5 Å². The molecule has 1 N–H and O–H groups in total. The fourth-order valence-electron chi connectivity index (χ4n) is 3.66. The lowest BCUT2D eigenvalue weighted by Crippen LogP contribution is -2.42. The summed E-state index contributed by atoms with van der Waals surface area (Å²) in [5.74, 6) is 0. The van der Waals surface area contributed by atoms with Gasteiger partial charge in [-0.15, -0.1) is 11.3 Å². The Morgan fingerprint density at radius 2 is 1.86 bits per heavy atom. The molecule has 0 radical (unpaired) electrons. The summed E-state index contributed by atoms with van der Waals surface area (Å²) in [6.45, 7) is 3.59. The first-order valence-corrected chi connectivity index (χ1v) is 10.6. The summed E-state index contributed by atoms with van der Waals surface area (Å²) in [5, 5.41) is 4.19. The first-order valence-electron chi connectivity index (χ1n) is 9.82. The highest BCUT2D eigenvalue weighted by atomic mass is 32.1. The average Bonchev–Trinajstić information content (AvgIpc) is 3.37. The van der Waals surface area contributed by atoms with Crippen LogP contribution >= 0.6 is 11.3 Å². The molecule has 0 aliphatic carbocycles. The number of nitrogens with one attached hydrogen (secondary N) is 1. The lowest BCUT2D eigenvalue weighted by atomic mass is 10.1. The van der Waals surface area contributed by atoms with Gasteiger partial charge in [-0.25, -0.2) is 9.78 Å². The number of amides is 2. The predicted octanol–water partition coefficient (Wildman–Crippen LogP) is 4.27. The minimum absolute atomic E-state index is 0.00961. The van der Waals surface area contributed by atoms with Crippen LogP contribution in [0.5, 0.6) is 0 Å². The molecule has 1 unspecified atom stereocenters. The molecule has 28 heavy (non-hydrogen) atoms. The molecule has 1 saturated heterocycles. The second-order valence-corrected chi connectivity index (χ2v) is 8.47. The number of fused-ring (bicyclic) bond motifs is 1. The lowest BCUT2D eigenvalue weighted by Gasteiger charge is -2.27. The van der Waals surface area contributed by atoms with Gasteiger partial charge >= 0.3 is 6.03 Å². The van der Waals surface area contributed by atoms with Crippen LogP contribution in [0.15, 0.2) is 54.6 Å². The smallest absolute Gasteiger partial charge is 0.318 e. The van der Waals surface area contributed by atoms with Gasteiger partial charge in [0.25, 0.3) is 0 Å². The molecule has 1 aliphatic heterocycles. The molecule has 3 aromatic rings. The third kappa shape index (κ3) is 4.51. The third-order valence-electron chi connectivity index (χ3n) is 5.20. The van der Waals surface area contributed by atoms with Gasteiger partial charge in [-0.2, -0.15) is 0 Å². The van der Waals surface area contributed by atoms with E-state index < -0.39 is 0 Å². The molecular formula is C22H26N4OS. The fourth-order valence-corrected chi connectivity index (χ4v) is 4.69. The van der Waals surface area contributed by atoms with Gasteiger partial charge in [-0.05, 0) is 43.6 Å². The number of carbonyl (C=O) groups excluding carboxylic acids is 1. The Morgan fingerprint density at radius 1 is 1.14 bits per heavy atom. The highest BCUT2D eigenvalue weighted by Gasteiger charge is 2.22. The summed E-state index contributed by atoms with van der Waals surface area (Å²) in [7, 11) is 1.83. The van der Waals surface area contributed by atoms with Crippen molar-refractivity contribution in [3.63, 3.8) is 0 Å². The van der Waals surface area contributed by atoms with E-state index in [9.17, 15) is 4.79 Å². The van der Waals surface area contributed by atoms with Crippen molar-refractivity contribution in [3.8, 4) is 0 Å². The van der Waals surface area contributed by atoms with Gasteiger partial charge < -0.3 is 15.1 Å². The molecule has 2 heterocycles. The zero-order chi connectivity index (χ0) is 19.3. The molecule has 5 nitrogen and oxygen atoms in total. The summed E-state index contributed by atoms with van der Waals surface area (Å²) >= 11 is 1.64. The van der Waals surface area contributed by atoms with Crippen LogP contribution in [0.1, 0.15) is 29.5 Å². The van der Waals surface area contributed by atoms with Crippen LogP contribution in [0, 0.1) is 0 Å². The Hall–Kier alpha value is -2.44. The van der Waals surface area contributed by atoms with Crippen molar-refractivity contribution in [3.05, 3.63) is 65.2 Å². The zero-order valence-electron chi connectivity index (χ0n) is 16.2. The SMILES string of the molecule is CN(Cc1nc2ccccc2s1)C(=O)NC(CN1CCCC1)c1ccccc1. The highest BCUT2D eigenvalue weighted by Crippen LogP contribution is 2.23. The molecule has 1 aliphatic rings. The molecule has 0 bridgehead atoms. The van der Waals surface area contributed by atoms with E-state index in [4.69, 9.17) is 0 Å². The summed E-state index contributed by atoms with van der Waals surface area (Å²) < 4.78 is 1.16. The van der Waals surface area contributed by atoms with Gasteiger partial charge in [0, 0.05) is 13.6 Å². The molecular weight excluding hydrogens is 368 g/mol. The highest BCUT2D eigenvalue weighted by molar-refractivity contribution is 7.18. The lowest BCUT2D eigenvalue weighted by molar-refractivity contribution is 0.197. The Morgan fingerprint density at radius 3 is 2.61 bits per heavy atom. The van der Waals surface area contributed by atoms with Crippen LogP contribution in [-0.4, -0.2) is 47.5 Å². The molecule has 4 rings (SSSR count). The second kappa shape index (κ2) is 8.71. The first kappa shape index (κ1) is 18.9. The molecule has 6 heteroatoms. The maximum absolute atomic E-state index is 12.9. The summed E-state index contributed by atoms with van der Waals surface area (Å²) in [6.07, 6.45) is 2.49. The van der Waals surface area contributed by atoms with Crippen LogP contribution in [0.25, 0.3) is 10.2 Å². The Bertz CT molecular complexity index is 887. The molecule has 1 atom stereocenters. The maximum Gasteiger partial charge on any atom is 0.318 e. The van der Waals surface area contributed by atoms with E-state index in [1.165, 1.54) is 12.8 Å². The number of urea groups is 1. The maximum atomic E-state index is 12.9. The molecule has 146 valence electrons. The molecule has 2 amide bonds. The van der Waals surface area contributed by atoms with E-state index in [0.29, 0.717) is 6.54 Å². The van der Waals surface area contributed by atoms with Crippen molar-refractivity contribution >= 4 is 27.6 Å². The van der Waals surface area contributed by atoms with Crippen LogP contribution in [0.3, 0.4) is 0 Å². The van der Waals surface area contributed by atoms with E-state index in [-0.39, 0.29) is 12.1 Å². The largest absolute Gasteiger partial charge is 0.330 e. The van der Waals surface area contributed by atoms with Crippen LogP contribution in [0.4, 0.5) is 4.79 Å². The van der Waals surface area contributed by atoms with Crippen molar-refractivity contribution in [2.45, 2.75) is 25.4 Å². The molecule has 1 fully saturated rings. The Labute approximate surface area is 170 Å². The molecule has 0 saturated carbocycles. The second-order valence-electron chi connectivity index (χ2n) is 7.35. The van der Waals surface area contributed by atoms with E-state index >= 15 is 0 Å². The number of aromatic nitrogens is 1. The minimum atomic E-state index is -0.0627. The monoisotopic (exact) mass is 394 g/mol. The number of para-hydroxylation sites is 1. The summed E-state index contributed by atoms with van der Waals surface area (Å²) in [5.41, 5.74) is 2.14. The molecule has 2 aromatic carbocycles. The van der Waals surface area contributed by atoms with Crippen molar-refractivity contribution in [1.82, 2.24) is 20.1 Å². The average molecular weight is 395 g/mol. The standard InChI is InChI=1S/C22H26N4OS/c1-25(16-21-23-18-11-5-6-12-20(18)28-21)22(27)24-19(15-26-13-7-8-14-26)17-9-3-2-4-10-17/h2-6,9-12,19H,7-8,13-16H2,1H3,(H,24,27). The van der Waals surface area contributed by atoms with Crippen LogP contribution < -0.4 is 5.32 Å². The fraction of sp³-hybridized carbons (Fsp3) is 0.364. The Balaban J connectivity index is 1.43. The Kier molecular flexibility index (Phi) is 5.88. The van der Waals surface area contributed by atoms with Gasteiger partial charge in [0.2, 0.25) is 0 Å². The number of benzene rings is 2. The van der Waals surface area contributed by atoms with Crippen LogP contribution in [-0.2, 0) is 6.54 Å². The number of carbonyl (C=O) groups is 1. The normalized spacial score (nSPS) is 15.6. The number of hydrogen-bond donors (Lipinski definition) is 1. The molecule has 1 aromatic heterocycles. The summed E-state index contributed by atoms with van der Waals surface area (Å²) in [4.78, 5) is 21.7. The number of hydrogen-bond acceptors (Lipinski definition) is 4. The number of rotatable bonds is 6. The van der Waals surface area contributed by atoms with Gasteiger partial charge in [0.1, 0.15) is 5.01 Å². The predicted molar refractivity (Wildman–Crippen MR) is 114 cm³/mol. The number of thiazole rings is 1. The van der Waals surface area contributed by atoms with Crippen molar-refractivity contribution in [2.75, 3.05) is 26.7 Å². The zero-order valence-corrected chi connectivity index (χ0v) is 17.0. The van der Waals surface area contributed by atoms with Crippen molar-refractivity contribution in [1.29, 1.82) is 0 Å². The number of nitrogens with zero attached hydrogens (tertiary/aromatic N) is 3. The van der Waals surface area contributed by atoms with Gasteiger partial charge in [-0.3, -0.25) is 0 Å². The summed E-state index contributed by atoms with van der Waals surface area (Å²) in [6, 6.07) is 18.3. The first-order chi connectivity index (χ1) is 13.7. The molecule has 0 spiro atoms. The number of likely N-dealkylation sites (tertiary alicyclic amines) is 1. The topological polar surface area (TPSA) is 48.5 Å². The van der Waals surface area contributed by atoms with E-state index in [2.05, 4.69) is 33.4 Å². The van der Waals surface area contributed by atoms with E-state index in [1.54, 1.807) is 16.2 Å².